The number of hydrogen-bond acceptors (Lipinski definition) is 4. The first-order chi connectivity index (χ1) is 10.2. The van der Waals surface area contributed by atoms with Crippen LogP contribution in [-0.4, -0.2) is 30.4 Å². The molecular formula is C16H18N2O3. The van der Waals surface area contributed by atoms with Crippen molar-refractivity contribution in [3.8, 4) is 0 Å². The maximum absolute atomic E-state index is 11.9. The fourth-order valence-electron chi connectivity index (χ4n) is 2.85. The normalized spacial score (nSPS) is 16.0. The molecule has 0 unspecified atom stereocenters. The van der Waals surface area contributed by atoms with E-state index in [1.54, 1.807) is 13.2 Å². The highest BCUT2D eigenvalue weighted by Crippen LogP contribution is 2.30. The summed E-state index contributed by atoms with van der Waals surface area (Å²) in [6.45, 7) is 2.19. The number of rotatable bonds is 3. The Morgan fingerprint density at radius 3 is 3.00 bits per heavy atom. The van der Waals surface area contributed by atoms with Gasteiger partial charge in [0.15, 0.2) is 0 Å². The van der Waals surface area contributed by atoms with Gasteiger partial charge in [-0.1, -0.05) is 5.16 Å². The Morgan fingerprint density at radius 1 is 1.38 bits per heavy atom. The second-order valence-corrected chi connectivity index (χ2v) is 5.03. The Kier molecular flexibility index (Phi) is 3.64. The minimum absolute atomic E-state index is 0.282. The van der Waals surface area contributed by atoms with Gasteiger partial charge in [0.05, 0.1) is 17.9 Å². The molecular weight excluding hydrogens is 268 g/mol. The molecule has 0 amide bonds. The zero-order valence-electron chi connectivity index (χ0n) is 12.2. The van der Waals surface area contributed by atoms with Crippen molar-refractivity contribution in [2.24, 2.45) is 5.16 Å². The zero-order chi connectivity index (χ0) is 14.8. The molecule has 1 N–H and O–H groups in total. The van der Waals surface area contributed by atoms with Crippen LogP contribution < -0.4 is 0 Å². The minimum Gasteiger partial charge on any atom is -0.462 e. The molecule has 0 aliphatic heterocycles. The van der Waals surface area contributed by atoms with Gasteiger partial charge in [-0.25, -0.2) is 4.79 Å². The van der Waals surface area contributed by atoms with Crippen LogP contribution in [0.15, 0.2) is 23.4 Å². The highest BCUT2D eigenvalue weighted by atomic mass is 16.6. The number of nitrogens with one attached hydrogen (secondary N) is 1. The number of ether oxygens (including phenoxy) is 1. The van der Waals surface area contributed by atoms with Gasteiger partial charge in [0.2, 0.25) is 0 Å². The van der Waals surface area contributed by atoms with Crippen molar-refractivity contribution in [1.82, 2.24) is 4.98 Å². The molecule has 0 atom stereocenters. The van der Waals surface area contributed by atoms with Crippen molar-refractivity contribution in [2.45, 2.75) is 26.2 Å². The van der Waals surface area contributed by atoms with E-state index >= 15 is 0 Å². The van der Waals surface area contributed by atoms with E-state index in [2.05, 4.69) is 10.1 Å². The van der Waals surface area contributed by atoms with Gasteiger partial charge in [-0.05, 0) is 49.9 Å². The molecule has 1 aliphatic rings. The standard InChI is InChI=1S/C16H18N2O3/c1-3-21-16(19)10-7-8-13-12(9-10)11-5-4-6-14(18-20-2)15(11)17-13/h7-9,17H,3-6H2,1-2H3/b18-14+. The molecule has 1 aliphatic carbocycles. The molecule has 5 heteroatoms. The van der Waals surface area contributed by atoms with E-state index in [1.165, 1.54) is 5.56 Å². The van der Waals surface area contributed by atoms with Crippen LogP contribution in [0.4, 0.5) is 0 Å². The topological polar surface area (TPSA) is 63.7 Å². The third-order valence-corrected chi connectivity index (χ3v) is 3.75. The highest BCUT2D eigenvalue weighted by Gasteiger charge is 2.22. The molecule has 1 aromatic heterocycles. The van der Waals surface area contributed by atoms with Crippen molar-refractivity contribution in [1.29, 1.82) is 0 Å². The first-order valence-electron chi connectivity index (χ1n) is 7.16. The number of benzene rings is 1. The summed E-state index contributed by atoms with van der Waals surface area (Å²) in [4.78, 5) is 20.2. The second-order valence-electron chi connectivity index (χ2n) is 5.03. The first-order valence-corrected chi connectivity index (χ1v) is 7.16. The number of aromatic amines is 1. The molecule has 0 fully saturated rings. The van der Waals surface area contributed by atoms with Gasteiger partial charge in [0.25, 0.3) is 0 Å². The van der Waals surface area contributed by atoms with Crippen LogP contribution in [0.1, 0.15) is 41.4 Å². The lowest BCUT2D eigenvalue weighted by Gasteiger charge is -2.13. The number of oxime groups is 1. The number of esters is 1. The lowest BCUT2D eigenvalue weighted by Crippen LogP contribution is -2.11. The van der Waals surface area contributed by atoms with Crippen molar-refractivity contribution >= 4 is 22.6 Å². The van der Waals surface area contributed by atoms with Gasteiger partial charge < -0.3 is 14.6 Å². The maximum atomic E-state index is 11.9. The van der Waals surface area contributed by atoms with Crippen molar-refractivity contribution < 1.29 is 14.4 Å². The Labute approximate surface area is 122 Å². The first kappa shape index (κ1) is 13.7. The van der Waals surface area contributed by atoms with E-state index < -0.39 is 0 Å². The number of carbonyl (C=O) groups is 1. The molecule has 0 spiro atoms. The highest BCUT2D eigenvalue weighted by molar-refractivity contribution is 6.07. The number of hydrogen-bond donors (Lipinski definition) is 1. The van der Waals surface area contributed by atoms with Gasteiger partial charge in [-0.3, -0.25) is 0 Å². The second kappa shape index (κ2) is 5.60. The van der Waals surface area contributed by atoms with Crippen LogP contribution in [0, 0.1) is 0 Å². The van der Waals surface area contributed by atoms with Crippen LogP contribution >= 0.6 is 0 Å². The summed E-state index contributed by atoms with van der Waals surface area (Å²) in [6.07, 6.45) is 2.91. The van der Waals surface area contributed by atoms with Gasteiger partial charge in [-0.2, -0.15) is 0 Å². The van der Waals surface area contributed by atoms with E-state index in [9.17, 15) is 4.79 Å². The number of nitrogens with zero attached hydrogens (tertiary/aromatic N) is 1. The van der Waals surface area contributed by atoms with Crippen LogP contribution in [0.5, 0.6) is 0 Å². The average Bonchev–Trinajstić information content (AvgIpc) is 2.87. The number of carbonyl (C=O) groups excluding carboxylic acids is 1. The number of aromatic nitrogens is 1. The van der Waals surface area contributed by atoms with Crippen molar-refractivity contribution in [3.05, 3.63) is 35.0 Å². The molecule has 0 saturated heterocycles. The van der Waals surface area contributed by atoms with Crippen LogP contribution in [0.25, 0.3) is 10.9 Å². The maximum Gasteiger partial charge on any atom is 0.338 e. The number of aryl methyl sites for hydroxylation is 1. The number of H-pyrrole nitrogens is 1. The Morgan fingerprint density at radius 2 is 2.24 bits per heavy atom. The Hall–Kier alpha value is -2.30. The quantitative estimate of drug-likeness (QED) is 0.696. The lowest BCUT2D eigenvalue weighted by atomic mass is 9.93. The summed E-state index contributed by atoms with van der Waals surface area (Å²) in [6, 6.07) is 5.61. The lowest BCUT2D eigenvalue weighted by molar-refractivity contribution is 0.0526. The fraction of sp³-hybridized carbons (Fsp3) is 0.375. The molecule has 0 radical (unpaired) electrons. The zero-order valence-corrected chi connectivity index (χ0v) is 12.2. The molecule has 1 aromatic carbocycles. The van der Waals surface area contributed by atoms with Gasteiger partial charge in [-0.15, -0.1) is 0 Å². The molecule has 0 saturated carbocycles. The van der Waals surface area contributed by atoms with Gasteiger partial charge in [0, 0.05) is 10.9 Å². The predicted octanol–water partition coefficient (Wildman–Crippen LogP) is 3.03. The number of fused-ring (bicyclic) bond motifs is 3. The third kappa shape index (κ3) is 2.39. The minimum atomic E-state index is -0.282. The monoisotopic (exact) mass is 286 g/mol. The van der Waals surface area contributed by atoms with E-state index in [4.69, 9.17) is 9.57 Å². The Bertz CT molecular complexity index is 716. The summed E-state index contributed by atoms with van der Waals surface area (Å²) in [5, 5.41) is 5.17. The van der Waals surface area contributed by atoms with Crippen LogP contribution in [0.2, 0.25) is 0 Å². The molecule has 2 aromatic rings. The van der Waals surface area contributed by atoms with E-state index in [0.29, 0.717) is 12.2 Å². The summed E-state index contributed by atoms with van der Waals surface area (Å²) in [5.74, 6) is -0.282. The summed E-state index contributed by atoms with van der Waals surface area (Å²) >= 11 is 0. The van der Waals surface area contributed by atoms with E-state index in [-0.39, 0.29) is 5.97 Å². The van der Waals surface area contributed by atoms with Gasteiger partial charge in [0.1, 0.15) is 12.8 Å². The van der Waals surface area contributed by atoms with E-state index in [1.807, 2.05) is 19.1 Å². The largest absolute Gasteiger partial charge is 0.462 e. The van der Waals surface area contributed by atoms with Gasteiger partial charge >= 0.3 is 5.97 Å². The van der Waals surface area contributed by atoms with Crippen molar-refractivity contribution in [3.63, 3.8) is 0 Å². The summed E-state index contributed by atoms with van der Waals surface area (Å²) < 4.78 is 5.06. The van der Waals surface area contributed by atoms with Crippen LogP contribution in [-0.2, 0) is 16.0 Å². The molecule has 5 nitrogen and oxygen atoms in total. The van der Waals surface area contributed by atoms with Crippen molar-refractivity contribution in [2.75, 3.05) is 13.7 Å². The smallest absolute Gasteiger partial charge is 0.338 e. The third-order valence-electron chi connectivity index (χ3n) is 3.75. The summed E-state index contributed by atoms with van der Waals surface area (Å²) in [7, 11) is 1.56. The predicted molar refractivity (Wildman–Crippen MR) is 80.7 cm³/mol. The molecule has 3 rings (SSSR count). The molecule has 21 heavy (non-hydrogen) atoms. The van der Waals surface area contributed by atoms with E-state index in [0.717, 1.165) is 41.6 Å². The summed E-state index contributed by atoms with van der Waals surface area (Å²) in [5.41, 5.74) is 4.77. The molecule has 0 bridgehead atoms. The average molecular weight is 286 g/mol. The van der Waals surface area contributed by atoms with Crippen LogP contribution in [0.3, 0.4) is 0 Å². The molecule has 1 heterocycles. The SMILES string of the molecule is CCOC(=O)c1ccc2[nH]c3c(c2c1)CCC/C3=N\OC. The molecule has 110 valence electrons. The Balaban J connectivity index is 2.10. The fourth-order valence-corrected chi connectivity index (χ4v) is 2.85.